The highest BCUT2D eigenvalue weighted by Crippen LogP contribution is 2.32. The van der Waals surface area contributed by atoms with Gasteiger partial charge in [-0.3, -0.25) is 0 Å². The van der Waals surface area contributed by atoms with Gasteiger partial charge in [-0.25, -0.2) is 0 Å². The monoisotopic (exact) mass is 259 g/mol. The Morgan fingerprint density at radius 3 is 2.42 bits per heavy atom. The van der Waals surface area contributed by atoms with Gasteiger partial charge < -0.3 is 5.32 Å². The van der Waals surface area contributed by atoms with Gasteiger partial charge in [0.25, 0.3) is 0 Å². The molecular formula is C18H29N. The molecule has 0 bridgehead atoms. The third-order valence-electron chi connectivity index (χ3n) is 4.51. The van der Waals surface area contributed by atoms with E-state index in [-0.39, 0.29) is 0 Å². The number of nitrogens with one attached hydrogen (secondary N) is 1. The van der Waals surface area contributed by atoms with E-state index in [9.17, 15) is 0 Å². The van der Waals surface area contributed by atoms with Gasteiger partial charge in [-0.2, -0.15) is 0 Å². The molecule has 19 heavy (non-hydrogen) atoms. The molecule has 0 saturated heterocycles. The summed E-state index contributed by atoms with van der Waals surface area (Å²) in [5, 5.41) is 3.83. The first-order valence-electron chi connectivity index (χ1n) is 8.10. The summed E-state index contributed by atoms with van der Waals surface area (Å²) in [6.07, 6.45) is 9.38. The average molecular weight is 259 g/mol. The van der Waals surface area contributed by atoms with Crippen molar-refractivity contribution >= 4 is 0 Å². The smallest absolute Gasteiger partial charge is 0.00699 e. The summed E-state index contributed by atoms with van der Waals surface area (Å²) in [5.41, 5.74) is 1.54. The van der Waals surface area contributed by atoms with E-state index in [1.165, 1.54) is 44.9 Å². The van der Waals surface area contributed by atoms with Crippen molar-refractivity contribution in [1.29, 1.82) is 0 Å². The van der Waals surface area contributed by atoms with Crippen molar-refractivity contribution in [2.75, 3.05) is 0 Å². The van der Waals surface area contributed by atoms with Gasteiger partial charge >= 0.3 is 0 Å². The summed E-state index contributed by atoms with van der Waals surface area (Å²) in [4.78, 5) is 0. The maximum Gasteiger partial charge on any atom is 0.00699 e. The Kier molecular flexibility index (Phi) is 5.91. The van der Waals surface area contributed by atoms with Crippen LogP contribution >= 0.6 is 0 Å². The van der Waals surface area contributed by atoms with Crippen LogP contribution in [0.4, 0.5) is 0 Å². The fourth-order valence-electron chi connectivity index (χ4n) is 3.31. The first-order chi connectivity index (χ1) is 9.29. The van der Waals surface area contributed by atoms with Crippen LogP contribution in [0.15, 0.2) is 30.3 Å². The van der Waals surface area contributed by atoms with Gasteiger partial charge in [0.05, 0.1) is 0 Å². The number of hydrogen-bond acceptors (Lipinski definition) is 1. The van der Waals surface area contributed by atoms with E-state index in [1.54, 1.807) is 5.56 Å². The molecule has 1 N–H and O–H groups in total. The van der Waals surface area contributed by atoms with Crippen LogP contribution in [-0.4, -0.2) is 12.1 Å². The van der Waals surface area contributed by atoms with Crippen molar-refractivity contribution in [2.45, 2.75) is 76.8 Å². The minimum Gasteiger partial charge on any atom is -0.312 e. The largest absolute Gasteiger partial charge is 0.312 e. The molecule has 0 amide bonds. The maximum atomic E-state index is 3.83. The third-order valence-corrected chi connectivity index (χ3v) is 4.51. The number of rotatable bonds is 6. The Hall–Kier alpha value is -0.820. The van der Waals surface area contributed by atoms with Crippen molar-refractivity contribution in [2.24, 2.45) is 0 Å². The van der Waals surface area contributed by atoms with Crippen molar-refractivity contribution in [3.63, 3.8) is 0 Å². The Labute approximate surface area is 118 Å². The minimum atomic E-state index is 0.693. The van der Waals surface area contributed by atoms with Gasteiger partial charge in [-0.15, -0.1) is 0 Å². The van der Waals surface area contributed by atoms with Gasteiger partial charge in [-0.05, 0) is 50.5 Å². The lowest BCUT2D eigenvalue weighted by Crippen LogP contribution is -2.38. The highest BCUT2D eigenvalue weighted by Gasteiger charge is 2.22. The number of unbranched alkanes of at least 4 members (excludes halogenated alkanes) is 1. The molecule has 1 saturated carbocycles. The second-order valence-corrected chi connectivity index (χ2v) is 6.17. The van der Waals surface area contributed by atoms with Crippen molar-refractivity contribution < 1.29 is 0 Å². The normalized spacial score (nSPS) is 25.2. The average Bonchev–Trinajstić information content (AvgIpc) is 2.47. The van der Waals surface area contributed by atoms with Crippen LogP contribution in [0.3, 0.4) is 0 Å². The number of benzene rings is 1. The third kappa shape index (κ3) is 4.65. The van der Waals surface area contributed by atoms with E-state index in [0.717, 1.165) is 12.0 Å². The molecule has 0 aromatic heterocycles. The van der Waals surface area contributed by atoms with Gasteiger partial charge in [0.2, 0.25) is 0 Å². The van der Waals surface area contributed by atoms with Gasteiger partial charge in [0.1, 0.15) is 0 Å². The minimum absolute atomic E-state index is 0.693. The van der Waals surface area contributed by atoms with E-state index in [0.29, 0.717) is 6.04 Å². The molecule has 1 aliphatic rings. The Balaban J connectivity index is 1.73. The molecule has 0 radical (unpaired) electrons. The lowest BCUT2D eigenvalue weighted by atomic mass is 9.81. The van der Waals surface area contributed by atoms with Crippen LogP contribution in [0.1, 0.15) is 70.3 Å². The van der Waals surface area contributed by atoms with Crippen molar-refractivity contribution in [3.8, 4) is 0 Å². The van der Waals surface area contributed by atoms with Gasteiger partial charge in [0, 0.05) is 12.1 Å². The summed E-state index contributed by atoms with van der Waals surface area (Å²) >= 11 is 0. The highest BCUT2D eigenvalue weighted by atomic mass is 14.9. The Morgan fingerprint density at radius 1 is 1.11 bits per heavy atom. The van der Waals surface area contributed by atoms with E-state index in [1.807, 2.05) is 0 Å². The summed E-state index contributed by atoms with van der Waals surface area (Å²) in [7, 11) is 0. The maximum absolute atomic E-state index is 3.83. The lowest BCUT2D eigenvalue weighted by Gasteiger charge is -2.31. The molecule has 1 unspecified atom stereocenters. The summed E-state index contributed by atoms with van der Waals surface area (Å²) in [6, 6.07) is 12.5. The molecule has 1 aliphatic carbocycles. The zero-order valence-corrected chi connectivity index (χ0v) is 12.6. The molecule has 106 valence electrons. The van der Waals surface area contributed by atoms with Crippen LogP contribution in [-0.2, 0) is 0 Å². The quantitative estimate of drug-likeness (QED) is 0.767. The topological polar surface area (TPSA) is 12.0 Å². The first-order valence-corrected chi connectivity index (χ1v) is 8.10. The highest BCUT2D eigenvalue weighted by molar-refractivity contribution is 5.20. The summed E-state index contributed by atoms with van der Waals surface area (Å²) < 4.78 is 0. The van der Waals surface area contributed by atoms with Gasteiger partial charge in [0.15, 0.2) is 0 Å². The zero-order chi connectivity index (χ0) is 13.5. The van der Waals surface area contributed by atoms with Crippen molar-refractivity contribution in [1.82, 2.24) is 5.32 Å². The van der Waals surface area contributed by atoms with Crippen LogP contribution in [0, 0.1) is 0 Å². The standard InChI is InChI=1S/C18H29N/c1-3-4-8-15(2)19-18-13-11-17(12-14-18)16-9-6-5-7-10-16/h5-7,9-10,15,17-19H,3-4,8,11-14H2,1-2H3. The predicted molar refractivity (Wildman–Crippen MR) is 83.6 cm³/mol. The van der Waals surface area contributed by atoms with Crippen molar-refractivity contribution in [3.05, 3.63) is 35.9 Å². The van der Waals surface area contributed by atoms with Gasteiger partial charge in [-0.1, -0.05) is 50.1 Å². The fourth-order valence-corrected chi connectivity index (χ4v) is 3.31. The number of hydrogen-bond donors (Lipinski definition) is 1. The molecule has 1 aromatic carbocycles. The second-order valence-electron chi connectivity index (χ2n) is 6.17. The Morgan fingerprint density at radius 2 is 1.79 bits per heavy atom. The molecule has 1 heteroatoms. The molecule has 1 nitrogen and oxygen atoms in total. The van der Waals surface area contributed by atoms with E-state index < -0.39 is 0 Å². The first kappa shape index (κ1) is 14.6. The van der Waals surface area contributed by atoms with Crippen LogP contribution in [0.5, 0.6) is 0 Å². The second kappa shape index (κ2) is 7.69. The molecule has 1 fully saturated rings. The molecule has 1 atom stereocenters. The molecule has 0 aliphatic heterocycles. The van der Waals surface area contributed by atoms with Crippen LogP contribution in [0.2, 0.25) is 0 Å². The van der Waals surface area contributed by atoms with E-state index in [2.05, 4.69) is 49.5 Å². The molecule has 0 heterocycles. The molecule has 2 rings (SSSR count). The fraction of sp³-hybridized carbons (Fsp3) is 0.667. The summed E-state index contributed by atoms with van der Waals surface area (Å²) in [6.45, 7) is 4.62. The SMILES string of the molecule is CCCCC(C)NC1CCC(c2ccccc2)CC1. The molecule has 0 spiro atoms. The van der Waals surface area contributed by atoms with Crippen LogP contribution in [0.25, 0.3) is 0 Å². The predicted octanol–water partition coefficient (Wildman–Crippen LogP) is 4.88. The molecular weight excluding hydrogens is 230 g/mol. The lowest BCUT2D eigenvalue weighted by molar-refractivity contribution is 0.312. The summed E-state index contributed by atoms with van der Waals surface area (Å²) in [5.74, 6) is 0.796. The Bertz CT molecular complexity index is 338. The van der Waals surface area contributed by atoms with Crippen LogP contribution < -0.4 is 5.32 Å². The van der Waals surface area contributed by atoms with E-state index in [4.69, 9.17) is 0 Å². The zero-order valence-electron chi connectivity index (χ0n) is 12.6. The van der Waals surface area contributed by atoms with E-state index >= 15 is 0 Å². The molecule has 1 aromatic rings.